The van der Waals surface area contributed by atoms with Crippen molar-refractivity contribution in [1.29, 1.82) is 0 Å². The van der Waals surface area contributed by atoms with Crippen LogP contribution in [0.4, 0.5) is 10.5 Å². The van der Waals surface area contributed by atoms with E-state index in [4.69, 9.17) is 9.52 Å². The molecule has 21 heavy (non-hydrogen) atoms. The number of hydrogen-bond donors (Lipinski definition) is 3. The number of carboxylic acids is 1. The largest absolute Gasteiger partial charge is 0.478 e. The van der Waals surface area contributed by atoms with Gasteiger partial charge in [0.25, 0.3) is 0 Å². The van der Waals surface area contributed by atoms with Gasteiger partial charge >= 0.3 is 12.0 Å². The number of anilines is 1. The SMILES string of the molecule is CCn1cc(NC(=O)NCc2cc(C(=O)O)c(C)o2)cn1. The number of amides is 2. The molecule has 0 saturated heterocycles. The van der Waals surface area contributed by atoms with E-state index in [1.165, 1.54) is 6.07 Å². The molecule has 0 aromatic carbocycles. The van der Waals surface area contributed by atoms with Crippen molar-refractivity contribution in [3.63, 3.8) is 0 Å². The zero-order chi connectivity index (χ0) is 15.4. The molecule has 2 rings (SSSR count). The zero-order valence-electron chi connectivity index (χ0n) is 11.7. The molecule has 2 aromatic rings. The average molecular weight is 292 g/mol. The molecule has 0 saturated carbocycles. The molecule has 0 fully saturated rings. The molecule has 8 heteroatoms. The number of urea groups is 1. The molecule has 8 nitrogen and oxygen atoms in total. The lowest BCUT2D eigenvalue weighted by molar-refractivity contribution is 0.0695. The van der Waals surface area contributed by atoms with E-state index in [0.717, 1.165) is 0 Å². The highest BCUT2D eigenvalue weighted by atomic mass is 16.4. The summed E-state index contributed by atoms with van der Waals surface area (Å²) >= 11 is 0. The van der Waals surface area contributed by atoms with Crippen molar-refractivity contribution >= 4 is 17.7 Å². The Labute approximate surface area is 120 Å². The minimum absolute atomic E-state index is 0.0939. The molecule has 0 aliphatic heterocycles. The number of aromatic nitrogens is 2. The van der Waals surface area contributed by atoms with Crippen LogP contribution < -0.4 is 10.6 Å². The Bertz CT molecular complexity index is 659. The molecule has 2 amide bonds. The number of carbonyl (C=O) groups is 2. The number of nitrogens with zero attached hydrogens (tertiary/aromatic N) is 2. The monoisotopic (exact) mass is 292 g/mol. The van der Waals surface area contributed by atoms with Gasteiger partial charge in [-0.2, -0.15) is 5.10 Å². The van der Waals surface area contributed by atoms with Gasteiger partial charge < -0.3 is 20.2 Å². The predicted octanol–water partition coefficient (Wildman–Crippen LogP) is 1.82. The molecule has 2 heterocycles. The van der Waals surface area contributed by atoms with Gasteiger partial charge in [-0.1, -0.05) is 0 Å². The fourth-order valence-corrected chi connectivity index (χ4v) is 1.79. The van der Waals surface area contributed by atoms with Crippen molar-refractivity contribution < 1.29 is 19.1 Å². The van der Waals surface area contributed by atoms with E-state index < -0.39 is 12.0 Å². The molecule has 0 aliphatic rings. The van der Waals surface area contributed by atoms with E-state index in [2.05, 4.69) is 15.7 Å². The molecule has 0 aliphatic carbocycles. The summed E-state index contributed by atoms with van der Waals surface area (Å²) < 4.78 is 6.94. The van der Waals surface area contributed by atoms with Gasteiger partial charge in [0, 0.05) is 12.7 Å². The normalized spacial score (nSPS) is 10.4. The van der Waals surface area contributed by atoms with Gasteiger partial charge in [-0.3, -0.25) is 4.68 Å². The summed E-state index contributed by atoms with van der Waals surface area (Å²) in [6.07, 6.45) is 3.25. The maximum absolute atomic E-state index is 11.7. The van der Waals surface area contributed by atoms with Crippen LogP contribution in [0.3, 0.4) is 0 Å². The van der Waals surface area contributed by atoms with Crippen LogP contribution in [0.5, 0.6) is 0 Å². The summed E-state index contributed by atoms with van der Waals surface area (Å²) in [5.74, 6) is -0.368. The third-order valence-electron chi connectivity index (χ3n) is 2.84. The van der Waals surface area contributed by atoms with E-state index >= 15 is 0 Å². The second-order valence-electron chi connectivity index (χ2n) is 4.38. The molecular formula is C13H16N4O4. The fourth-order valence-electron chi connectivity index (χ4n) is 1.79. The lowest BCUT2D eigenvalue weighted by Crippen LogP contribution is -2.27. The smallest absolute Gasteiger partial charge is 0.339 e. The molecule has 0 unspecified atom stereocenters. The molecule has 0 radical (unpaired) electrons. The number of nitrogens with one attached hydrogen (secondary N) is 2. The second-order valence-corrected chi connectivity index (χ2v) is 4.38. The van der Waals surface area contributed by atoms with Crippen LogP contribution >= 0.6 is 0 Å². The second kappa shape index (κ2) is 6.12. The quantitative estimate of drug-likeness (QED) is 0.778. The standard InChI is InChI=1S/C13H16N4O4/c1-3-17-7-9(5-15-17)16-13(20)14-6-10-4-11(12(18)19)8(2)21-10/h4-5,7H,3,6H2,1-2H3,(H,18,19)(H2,14,16,20). The minimum atomic E-state index is -1.06. The van der Waals surface area contributed by atoms with Crippen molar-refractivity contribution in [3.8, 4) is 0 Å². The highest BCUT2D eigenvalue weighted by Gasteiger charge is 2.14. The molecule has 0 spiro atoms. The van der Waals surface area contributed by atoms with Gasteiger partial charge in [0.2, 0.25) is 0 Å². The fraction of sp³-hybridized carbons (Fsp3) is 0.308. The van der Waals surface area contributed by atoms with Gasteiger partial charge in [-0.05, 0) is 19.9 Å². The van der Waals surface area contributed by atoms with E-state index in [9.17, 15) is 9.59 Å². The minimum Gasteiger partial charge on any atom is -0.478 e. The summed E-state index contributed by atoms with van der Waals surface area (Å²) in [6, 6.07) is 0.976. The van der Waals surface area contributed by atoms with Gasteiger partial charge in [0.1, 0.15) is 17.1 Å². The van der Waals surface area contributed by atoms with Crippen LogP contribution in [-0.2, 0) is 13.1 Å². The van der Waals surface area contributed by atoms with Crippen LogP contribution in [0.25, 0.3) is 0 Å². The first kappa shape index (κ1) is 14.6. The lowest BCUT2D eigenvalue weighted by atomic mass is 10.2. The molecular weight excluding hydrogens is 276 g/mol. The van der Waals surface area contributed by atoms with Gasteiger partial charge in [0.05, 0.1) is 18.4 Å². The summed E-state index contributed by atoms with van der Waals surface area (Å²) in [5, 5.41) is 18.1. The molecule has 0 bridgehead atoms. The average Bonchev–Trinajstić information content (AvgIpc) is 3.03. The highest BCUT2D eigenvalue weighted by Crippen LogP contribution is 2.14. The Morgan fingerprint density at radius 1 is 1.48 bits per heavy atom. The number of furan rings is 1. The number of aryl methyl sites for hydroxylation is 2. The number of carboxylic acid groups (broad SMARTS) is 1. The lowest BCUT2D eigenvalue weighted by Gasteiger charge is -2.03. The van der Waals surface area contributed by atoms with E-state index in [1.54, 1.807) is 24.0 Å². The summed E-state index contributed by atoms with van der Waals surface area (Å²) in [7, 11) is 0. The maximum Gasteiger partial charge on any atom is 0.339 e. The molecule has 112 valence electrons. The van der Waals surface area contributed by atoms with Crippen LogP contribution in [0, 0.1) is 6.92 Å². The highest BCUT2D eigenvalue weighted by molar-refractivity contribution is 5.89. The van der Waals surface area contributed by atoms with Crippen molar-refractivity contribution in [3.05, 3.63) is 35.5 Å². The van der Waals surface area contributed by atoms with Gasteiger partial charge in [0.15, 0.2) is 0 Å². The number of hydrogen-bond acceptors (Lipinski definition) is 4. The molecule has 0 atom stereocenters. The van der Waals surface area contributed by atoms with Crippen molar-refractivity contribution in [2.45, 2.75) is 26.9 Å². The summed E-state index contributed by atoms with van der Waals surface area (Å²) in [4.78, 5) is 22.6. The number of rotatable bonds is 5. The first-order chi connectivity index (χ1) is 9.99. The van der Waals surface area contributed by atoms with E-state index in [1.807, 2.05) is 6.92 Å². The number of carbonyl (C=O) groups excluding carboxylic acids is 1. The Kier molecular flexibility index (Phi) is 4.27. The van der Waals surface area contributed by atoms with E-state index in [-0.39, 0.29) is 12.1 Å². The third-order valence-corrected chi connectivity index (χ3v) is 2.84. The Morgan fingerprint density at radius 2 is 2.24 bits per heavy atom. The first-order valence-corrected chi connectivity index (χ1v) is 6.39. The number of aromatic carboxylic acids is 1. The third kappa shape index (κ3) is 3.62. The molecule has 2 aromatic heterocycles. The first-order valence-electron chi connectivity index (χ1n) is 6.39. The zero-order valence-corrected chi connectivity index (χ0v) is 11.7. The van der Waals surface area contributed by atoms with Gasteiger partial charge in [-0.25, -0.2) is 9.59 Å². The molecule has 3 N–H and O–H groups in total. The predicted molar refractivity (Wildman–Crippen MR) is 74.2 cm³/mol. The van der Waals surface area contributed by atoms with Gasteiger partial charge in [-0.15, -0.1) is 0 Å². The van der Waals surface area contributed by atoms with Crippen LogP contribution in [0.2, 0.25) is 0 Å². The Hall–Kier alpha value is -2.77. The summed E-state index contributed by atoms with van der Waals surface area (Å²) in [5.41, 5.74) is 0.674. The van der Waals surface area contributed by atoms with Crippen molar-refractivity contribution in [1.82, 2.24) is 15.1 Å². The van der Waals surface area contributed by atoms with Crippen LogP contribution in [-0.4, -0.2) is 26.9 Å². The maximum atomic E-state index is 11.7. The van der Waals surface area contributed by atoms with Crippen molar-refractivity contribution in [2.24, 2.45) is 0 Å². The van der Waals surface area contributed by atoms with Crippen LogP contribution in [0.15, 0.2) is 22.9 Å². The van der Waals surface area contributed by atoms with Crippen LogP contribution in [0.1, 0.15) is 28.8 Å². The van der Waals surface area contributed by atoms with Crippen molar-refractivity contribution in [2.75, 3.05) is 5.32 Å². The Morgan fingerprint density at radius 3 is 2.81 bits per heavy atom. The Balaban J connectivity index is 1.89. The summed E-state index contributed by atoms with van der Waals surface area (Å²) in [6.45, 7) is 4.32. The topological polar surface area (TPSA) is 109 Å². The van der Waals surface area contributed by atoms with E-state index in [0.29, 0.717) is 23.8 Å².